The van der Waals surface area contributed by atoms with Crippen LogP contribution in [0.25, 0.3) is 16.6 Å². The van der Waals surface area contributed by atoms with Crippen molar-refractivity contribution in [1.29, 1.82) is 0 Å². The molecule has 4 rings (SSSR count). The largest absolute Gasteiger partial charge is 0.573 e. The summed E-state index contributed by atoms with van der Waals surface area (Å²) in [4.78, 5) is 19.7. The molecule has 33 heavy (non-hydrogen) atoms. The monoisotopic (exact) mass is 458 g/mol. The third-order valence-electron chi connectivity index (χ3n) is 5.27. The van der Waals surface area contributed by atoms with Crippen molar-refractivity contribution in [1.82, 2.24) is 14.1 Å². The lowest BCUT2D eigenvalue weighted by molar-refractivity contribution is -0.274. The molecule has 4 aromatic rings. The molecule has 0 aliphatic carbocycles. The van der Waals surface area contributed by atoms with Crippen LogP contribution in [-0.4, -0.2) is 39.7 Å². The number of para-hydroxylation sites is 1. The van der Waals surface area contributed by atoms with Crippen molar-refractivity contribution in [3.8, 4) is 17.3 Å². The fourth-order valence-corrected chi connectivity index (χ4v) is 3.62. The van der Waals surface area contributed by atoms with Gasteiger partial charge in [0.1, 0.15) is 11.6 Å². The number of anilines is 1. The summed E-state index contributed by atoms with van der Waals surface area (Å²) in [6.07, 6.45) is -4.82. The van der Waals surface area contributed by atoms with E-state index in [2.05, 4.69) is 9.72 Å². The van der Waals surface area contributed by atoms with Gasteiger partial charge in [-0.15, -0.1) is 13.2 Å². The van der Waals surface area contributed by atoms with Crippen LogP contribution in [-0.2, 0) is 6.54 Å². The Hall–Kier alpha value is -3.95. The minimum absolute atomic E-state index is 0.171. The minimum Gasteiger partial charge on any atom is -0.493 e. The van der Waals surface area contributed by atoms with E-state index in [1.165, 1.54) is 16.7 Å². The van der Waals surface area contributed by atoms with Gasteiger partial charge in [0.25, 0.3) is 0 Å². The number of hydrogen-bond acceptors (Lipinski definition) is 5. The van der Waals surface area contributed by atoms with Crippen molar-refractivity contribution < 1.29 is 23.0 Å². The molecule has 0 unspecified atom stereocenters. The van der Waals surface area contributed by atoms with Crippen LogP contribution >= 0.6 is 0 Å². The fraction of sp³-hybridized carbons (Fsp3) is 0.217. The van der Waals surface area contributed by atoms with Crippen LogP contribution in [0.4, 0.5) is 19.0 Å². The molecule has 7 nitrogen and oxygen atoms in total. The number of fused-ring (bicyclic) bond motifs is 1. The van der Waals surface area contributed by atoms with Gasteiger partial charge in [0.05, 0.1) is 23.4 Å². The standard InChI is InChI=1S/C23H21F3N4O3/c1-14-21(31)30(16-8-10-17(11-9-16)33-23(24,25)26)22(32)29(14)13-15-12-20(28(2)3)27-19-7-5-4-6-18(15)19/h4-12,31H,13H2,1-3H3. The van der Waals surface area contributed by atoms with Crippen LogP contribution in [0.3, 0.4) is 0 Å². The molecule has 172 valence electrons. The van der Waals surface area contributed by atoms with Crippen LogP contribution in [0.1, 0.15) is 11.3 Å². The fourth-order valence-electron chi connectivity index (χ4n) is 3.62. The predicted molar refractivity (Wildman–Crippen MR) is 118 cm³/mol. The first-order chi connectivity index (χ1) is 15.5. The van der Waals surface area contributed by atoms with E-state index in [4.69, 9.17) is 0 Å². The van der Waals surface area contributed by atoms with Crippen molar-refractivity contribution in [2.24, 2.45) is 0 Å². The number of ether oxygens (including phenoxy) is 1. The lowest BCUT2D eigenvalue weighted by Gasteiger charge is -2.15. The Morgan fingerprint density at radius 3 is 2.39 bits per heavy atom. The predicted octanol–water partition coefficient (Wildman–Crippen LogP) is 4.21. The summed E-state index contributed by atoms with van der Waals surface area (Å²) in [5.74, 6) is 0.00316. The van der Waals surface area contributed by atoms with Crippen molar-refractivity contribution in [2.45, 2.75) is 19.8 Å². The van der Waals surface area contributed by atoms with Gasteiger partial charge in [-0.05, 0) is 48.9 Å². The van der Waals surface area contributed by atoms with E-state index in [-0.39, 0.29) is 18.1 Å². The molecule has 0 radical (unpaired) electrons. The molecular weight excluding hydrogens is 437 g/mol. The van der Waals surface area contributed by atoms with E-state index in [9.17, 15) is 23.1 Å². The highest BCUT2D eigenvalue weighted by Gasteiger charge is 2.31. The first-order valence-electron chi connectivity index (χ1n) is 9.98. The minimum atomic E-state index is -4.82. The van der Waals surface area contributed by atoms with E-state index in [0.29, 0.717) is 5.69 Å². The number of aromatic hydroxyl groups is 1. The molecule has 2 aromatic heterocycles. The van der Waals surface area contributed by atoms with E-state index < -0.39 is 17.8 Å². The maximum Gasteiger partial charge on any atom is 0.573 e. The van der Waals surface area contributed by atoms with Crippen molar-refractivity contribution in [3.05, 3.63) is 76.3 Å². The van der Waals surface area contributed by atoms with E-state index in [0.717, 1.165) is 39.0 Å². The summed E-state index contributed by atoms with van der Waals surface area (Å²) in [6, 6.07) is 14.2. The molecule has 2 aromatic carbocycles. The van der Waals surface area contributed by atoms with E-state index in [1.807, 2.05) is 49.3 Å². The van der Waals surface area contributed by atoms with Gasteiger partial charge in [0.15, 0.2) is 0 Å². The number of alkyl halides is 3. The second-order valence-electron chi connectivity index (χ2n) is 7.71. The van der Waals surface area contributed by atoms with Gasteiger partial charge in [0.2, 0.25) is 5.88 Å². The molecule has 0 aliphatic heterocycles. The molecule has 1 N–H and O–H groups in total. The Labute approximate surface area is 186 Å². The number of rotatable bonds is 5. The zero-order chi connectivity index (χ0) is 23.9. The first-order valence-corrected chi connectivity index (χ1v) is 9.98. The van der Waals surface area contributed by atoms with Crippen LogP contribution in [0, 0.1) is 6.92 Å². The molecule has 0 fully saturated rings. The second-order valence-corrected chi connectivity index (χ2v) is 7.71. The average molecular weight is 458 g/mol. The number of imidazole rings is 1. The number of nitrogens with zero attached hydrogens (tertiary/aromatic N) is 4. The molecule has 2 heterocycles. The molecule has 0 spiro atoms. The molecule has 0 aliphatic rings. The van der Waals surface area contributed by atoms with Crippen LogP contribution in [0.2, 0.25) is 0 Å². The molecule has 0 saturated heterocycles. The summed E-state index contributed by atoms with van der Waals surface area (Å²) in [5, 5.41) is 11.5. The molecule has 0 atom stereocenters. The summed E-state index contributed by atoms with van der Waals surface area (Å²) in [6.45, 7) is 1.77. The first kappa shape index (κ1) is 22.3. The van der Waals surface area contributed by atoms with E-state index in [1.54, 1.807) is 6.92 Å². The highest BCUT2D eigenvalue weighted by molar-refractivity contribution is 5.84. The van der Waals surface area contributed by atoms with Gasteiger partial charge in [-0.25, -0.2) is 14.3 Å². The van der Waals surface area contributed by atoms with Gasteiger partial charge in [-0.1, -0.05) is 18.2 Å². The van der Waals surface area contributed by atoms with Gasteiger partial charge in [-0.2, -0.15) is 0 Å². The Balaban J connectivity index is 1.77. The Morgan fingerprint density at radius 1 is 1.09 bits per heavy atom. The molecule has 10 heteroatoms. The van der Waals surface area contributed by atoms with Crippen molar-refractivity contribution in [2.75, 3.05) is 19.0 Å². The maximum atomic E-state index is 13.2. The number of aromatic nitrogens is 3. The zero-order valence-electron chi connectivity index (χ0n) is 18.1. The molecule has 0 bridgehead atoms. The van der Waals surface area contributed by atoms with Gasteiger partial charge >= 0.3 is 12.1 Å². The summed E-state index contributed by atoms with van der Waals surface area (Å²) < 4.78 is 43.6. The van der Waals surface area contributed by atoms with Crippen molar-refractivity contribution >= 4 is 16.7 Å². The number of hydrogen-bond donors (Lipinski definition) is 1. The number of benzene rings is 2. The lowest BCUT2D eigenvalue weighted by atomic mass is 10.1. The summed E-state index contributed by atoms with van der Waals surface area (Å²) in [5.41, 5.74) is 1.61. The Bertz CT molecular complexity index is 1370. The maximum absolute atomic E-state index is 13.2. The van der Waals surface area contributed by atoms with Crippen molar-refractivity contribution in [3.63, 3.8) is 0 Å². The number of pyridine rings is 1. The molecule has 0 amide bonds. The normalized spacial score (nSPS) is 11.7. The highest BCUT2D eigenvalue weighted by atomic mass is 19.4. The van der Waals surface area contributed by atoms with Gasteiger partial charge in [0, 0.05) is 19.5 Å². The third-order valence-corrected chi connectivity index (χ3v) is 5.27. The number of halogens is 3. The zero-order valence-corrected chi connectivity index (χ0v) is 18.1. The van der Waals surface area contributed by atoms with Crippen LogP contribution in [0.15, 0.2) is 59.4 Å². The molecule has 0 saturated carbocycles. The smallest absolute Gasteiger partial charge is 0.493 e. The summed E-state index contributed by atoms with van der Waals surface area (Å²) in [7, 11) is 3.74. The second kappa shape index (κ2) is 8.19. The van der Waals surface area contributed by atoms with Crippen LogP contribution in [0.5, 0.6) is 11.6 Å². The third kappa shape index (κ3) is 4.36. The average Bonchev–Trinajstić information content (AvgIpc) is 2.96. The highest BCUT2D eigenvalue weighted by Crippen LogP contribution is 2.27. The topological polar surface area (TPSA) is 72.5 Å². The van der Waals surface area contributed by atoms with Gasteiger partial charge < -0.3 is 14.7 Å². The quantitative estimate of drug-likeness (QED) is 0.485. The Morgan fingerprint density at radius 2 is 1.76 bits per heavy atom. The summed E-state index contributed by atoms with van der Waals surface area (Å²) >= 11 is 0. The van der Waals surface area contributed by atoms with Crippen LogP contribution < -0.4 is 15.3 Å². The SMILES string of the molecule is Cc1c(O)n(-c2ccc(OC(F)(F)F)cc2)c(=O)n1Cc1cc(N(C)C)nc2ccccc12. The van der Waals surface area contributed by atoms with E-state index >= 15 is 0 Å². The lowest BCUT2D eigenvalue weighted by Crippen LogP contribution is -2.24. The van der Waals surface area contributed by atoms with Gasteiger partial charge in [-0.3, -0.25) is 4.57 Å². The molecular formula is C23H21F3N4O3. The Kier molecular flexibility index (Phi) is 5.52.